The molecule has 0 aromatic rings. The average molecular weight is 518 g/mol. The maximum Gasteiger partial charge on any atom is 0.248 e. The maximum atomic E-state index is 14.3. The Morgan fingerprint density at radius 2 is 1.86 bits per heavy atom. The molecule has 3 fully saturated rings. The van der Waals surface area contributed by atoms with E-state index in [4.69, 9.17) is 4.74 Å². The molecule has 3 unspecified atom stereocenters. The minimum Gasteiger partial charge on any atom is -0.396 e. The molecule has 0 saturated carbocycles. The predicted molar refractivity (Wildman–Crippen MR) is 144 cm³/mol. The van der Waals surface area contributed by atoms with Gasteiger partial charge in [-0.1, -0.05) is 32.4 Å². The first-order valence-electron chi connectivity index (χ1n) is 14.1. The zero-order valence-electron chi connectivity index (χ0n) is 23.3. The highest BCUT2D eigenvalue weighted by molar-refractivity contribution is 5.99. The van der Waals surface area contributed by atoms with E-state index in [0.717, 1.165) is 19.3 Å². The molecule has 208 valence electrons. The molecule has 1 N–H and O–H groups in total. The molecule has 3 rings (SSSR count). The minimum atomic E-state index is -1.03. The lowest BCUT2D eigenvalue weighted by Gasteiger charge is -2.39. The third-order valence-corrected chi connectivity index (χ3v) is 8.59. The first-order valence-corrected chi connectivity index (χ1v) is 14.1. The second kappa shape index (κ2) is 12.1. The normalized spacial score (nSPS) is 30.8. The molecule has 0 aromatic heterocycles. The quantitative estimate of drug-likeness (QED) is 0.266. The second-order valence-corrected chi connectivity index (χ2v) is 11.2. The van der Waals surface area contributed by atoms with Crippen LogP contribution in [-0.2, 0) is 19.1 Å². The summed E-state index contributed by atoms with van der Waals surface area (Å²) in [6, 6.07) is -0.804. The van der Waals surface area contributed by atoms with Crippen molar-refractivity contribution in [3.8, 4) is 0 Å². The van der Waals surface area contributed by atoms with Crippen LogP contribution in [0.3, 0.4) is 0 Å². The number of ether oxygens (including phenoxy) is 1. The fraction of sp³-hybridized carbons (Fsp3) is 0.759. The summed E-state index contributed by atoms with van der Waals surface area (Å²) >= 11 is 0. The summed E-state index contributed by atoms with van der Waals surface area (Å²) in [6.07, 6.45) is 8.32. The van der Waals surface area contributed by atoms with Crippen LogP contribution >= 0.6 is 0 Å². The van der Waals surface area contributed by atoms with Gasteiger partial charge in [-0.25, -0.2) is 0 Å². The predicted octanol–water partition coefficient (Wildman–Crippen LogP) is 3.15. The Bertz CT molecular complexity index is 878. The van der Waals surface area contributed by atoms with Crippen molar-refractivity contribution in [2.45, 2.75) is 95.9 Å². The van der Waals surface area contributed by atoms with Gasteiger partial charge in [0.05, 0.1) is 17.4 Å². The number of aliphatic hydroxyl groups is 1. The number of carbonyl (C=O) groups is 3. The van der Waals surface area contributed by atoms with E-state index in [-0.39, 0.29) is 30.4 Å². The highest BCUT2D eigenvalue weighted by atomic mass is 16.5. The molecule has 3 amide bonds. The largest absolute Gasteiger partial charge is 0.396 e. The van der Waals surface area contributed by atoms with Gasteiger partial charge in [-0.2, -0.15) is 0 Å². The number of carbonyl (C=O) groups excluding carboxylic acids is 3. The van der Waals surface area contributed by atoms with Crippen molar-refractivity contribution < 1.29 is 24.2 Å². The van der Waals surface area contributed by atoms with Crippen molar-refractivity contribution in [2.75, 3.05) is 32.8 Å². The molecule has 3 heterocycles. The monoisotopic (exact) mass is 517 g/mol. The number of nitrogens with zero attached hydrogens (tertiary/aromatic N) is 3. The zero-order valence-corrected chi connectivity index (χ0v) is 23.3. The van der Waals surface area contributed by atoms with Crippen LogP contribution in [0.1, 0.15) is 72.6 Å². The van der Waals surface area contributed by atoms with Crippen LogP contribution in [0.2, 0.25) is 0 Å². The Hall–Kier alpha value is -2.19. The zero-order chi connectivity index (χ0) is 27.4. The lowest BCUT2D eigenvalue weighted by atomic mass is 9.66. The summed E-state index contributed by atoms with van der Waals surface area (Å²) in [4.78, 5) is 47.7. The Morgan fingerprint density at radius 1 is 1.16 bits per heavy atom. The van der Waals surface area contributed by atoms with Crippen molar-refractivity contribution in [1.29, 1.82) is 0 Å². The highest BCUT2D eigenvalue weighted by Gasteiger charge is 2.78. The van der Waals surface area contributed by atoms with Crippen LogP contribution in [0.15, 0.2) is 25.3 Å². The standard InChI is InChI=1S/C29H47N3O5/c1-7-13-21(5)31(18-10-4)27(36)24-29-15-14-28(6,37-29)22(25(34)30(16-8-2)17-9-3)23(29)26(35)32(24)19-11-12-20-33/h8,10,21-24,33H,2,4,7,9,11-20H2,1,3,5-6H3/t21?,22-,23+,24?,28+,29?/m1/s1. The lowest BCUT2D eigenvalue weighted by Crippen LogP contribution is -2.58. The number of hydrogen-bond acceptors (Lipinski definition) is 5. The van der Waals surface area contributed by atoms with E-state index >= 15 is 0 Å². The first-order chi connectivity index (χ1) is 17.7. The van der Waals surface area contributed by atoms with E-state index in [1.165, 1.54) is 0 Å². The molecular formula is C29H47N3O5. The molecule has 0 radical (unpaired) electrons. The molecule has 3 aliphatic heterocycles. The van der Waals surface area contributed by atoms with E-state index in [1.807, 2.05) is 25.7 Å². The second-order valence-electron chi connectivity index (χ2n) is 11.2. The SMILES string of the molecule is C=CCN(CCC)C(=O)[C@H]1[C@H]2C(=O)N(CCCCO)C(C(=O)N(CC=C)C(C)CCC)C23CC[C@]1(C)O3. The fourth-order valence-corrected chi connectivity index (χ4v) is 6.99. The maximum absolute atomic E-state index is 14.3. The van der Waals surface area contributed by atoms with E-state index in [2.05, 4.69) is 20.1 Å². The minimum absolute atomic E-state index is 0.0143. The molecule has 37 heavy (non-hydrogen) atoms. The van der Waals surface area contributed by atoms with Gasteiger partial charge in [-0.15, -0.1) is 13.2 Å². The van der Waals surface area contributed by atoms with Gasteiger partial charge in [-0.05, 0) is 52.4 Å². The van der Waals surface area contributed by atoms with Gasteiger partial charge in [0, 0.05) is 38.8 Å². The third kappa shape index (κ3) is 5.11. The molecule has 0 aliphatic carbocycles. The van der Waals surface area contributed by atoms with E-state index in [9.17, 15) is 19.5 Å². The van der Waals surface area contributed by atoms with Gasteiger partial charge in [0.15, 0.2) is 0 Å². The van der Waals surface area contributed by atoms with Crippen molar-refractivity contribution in [3.05, 3.63) is 25.3 Å². The molecule has 3 aliphatic rings. The van der Waals surface area contributed by atoms with Gasteiger partial charge in [0.1, 0.15) is 11.6 Å². The Balaban J connectivity index is 2.06. The first kappa shape index (κ1) is 29.4. The van der Waals surface area contributed by atoms with Crippen molar-refractivity contribution in [1.82, 2.24) is 14.7 Å². The van der Waals surface area contributed by atoms with E-state index in [0.29, 0.717) is 51.9 Å². The number of aliphatic hydroxyl groups excluding tert-OH is 1. The van der Waals surface area contributed by atoms with E-state index < -0.39 is 29.1 Å². The van der Waals surface area contributed by atoms with Gasteiger partial charge in [0.2, 0.25) is 17.7 Å². The van der Waals surface area contributed by atoms with E-state index in [1.54, 1.807) is 22.0 Å². The molecule has 6 atom stereocenters. The molecule has 0 aromatic carbocycles. The lowest BCUT2D eigenvalue weighted by molar-refractivity contribution is -0.154. The van der Waals surface area contributed by atoms with Crippen LogP contribution in [0.25, 0.3) is 0 Å². The van der Waals surface area contributed by atoms with Crippen LogP contribution < -0.4 is 0 Å². The summed E-state index contributed by atoms with van der Waals surface area (Å²) in [5.41, 5.74) is -1.82. The molecule has 8 nitrogen and oxygen atoms in total. The number of unbranched alkanes of at least 4 members (excludes halogenated alkanes) is 1. The Kier molecular flexibility index (Phi) is 9.62. The van der Waals surface area contributed by atoms with Gasteiger partial charge >= 0.3 is 0 Å². The van der Waals surface area contributed by atoms with Crippen molar-refractivity contribution >= 4 is 17.7 Å². The van der Waals surface area contributed by atoms with Gasteiger partial charge in [-0.3, -0.25) is 14.4 Å². The van der Waals surface area contributed by atoms with Crippen LogP contribution in [-0.4, -0.2) is 93.6 Å². The third-order valence-electron chi connectivity index (χ3n) is 8.59. The summed E-state index contributed by atoms with van der Waals surface area (Å²) in [7, 11) is 0. The number of fused-ring (bicyclic) bond motifs is 1. The van der Waals surface area contributed by atoms with Crippen LogP contribution in [0.5, 0.6) is 0 Å². The molecular weight excluding hydrogens is 470 g/mol. The fourth-order valence-electron chi connectivity index (χ4n) is 6.99. The highest BCUT2D eigenvalue weighted by Crippen LogP contribution is 2.63. The van der Waals surface area contributed by atoms with Crippen molar-refractivity contribution in [3.63, 3.8) is 0 Å². The average Bonchev–Trinajstić information content (AvgIpc) is 3.42. The number of amides is 3. The molecule has 8 heteroatoms. The van der Waals surface area contributed by atoms with Crippen molar-refractivity contribution in [2.24, 2.45) is 11.8 Å². The summed E-state index contributed by atoms with van der Waals surface area (Å²) in [6.45, 7) is 17.5. The molecule has 3 saturated heterocycles. The summed E-state index contributed by atoms with van der Waals surface area (Å²) < 4.78 is 6.76. The number of rotatable bonds is 15. The topological polar surface area (TPSA) is 90.4 Å². The Morgan fingerprint density at radius 3 is 2.46 bits per heavy atom. The summed E-state index contributed by atoms with van der Waals surface area (Å²) in [5, 5.41) is 9.37. The smallest absolute Gasteiger partial charge is 0.248 e. The Labute approximate surface area is 222 Å². The number of likely N-dealkylation sites (tertiary alicyclic amines) is 1. The van der Waals surface area contributed by atoms with Gasteiger partial charge in [0.25, 0.3) is 0 Å². The molecule has 2 bridgehead atoms. The van der Waals surface area contributed by atoms with Crippen LogP contribution in [0, 0.1) is 11.8 Å². The molecule has 1 spiro atoms. The van der Waals surface area contributed by atoms with Gasteiger partial charge < -0.3 is 24.5 Å². The van der Waals surface area contributed by atoms with Crippen LogP contribution in [0.4, 0.5) is 0 Å². The number of hydrogen-bond donors (Lipinski definition) is 1. The summed E-state index contributed by atoms with van der Waals surface area (Å²) in [5.74, 6) is -1.73.